The van der Waals surface area contributed by atoms with Gasteiger partial charge in [-0.05, 0) is 43.9 Å². The molecule has 0 N–H and O–H groups in total. The molecule has 29 heavy (non-hydrogen) atoms. The van der Waals surface area contributed by atoms with Gasteiger partial charge >= 0.3 is 0 Å². The van der Waals surface area contributed by atoms with Crippen molar-refractivity contribution in [3.63, 3.8) is 0 Å². The summed E-state index contributed by atoms with van der Waals surface area (Å²) in [5, 5.41) is 0. The third kappa shape index (κ3) is 3.10. The Hall–Kier alpha value is -2.47. The van der Waals surface area contributed by atoms with Crippen LogP contribution in [0.2, 0.25) is 0 Å². The summed E-state index contributed by atoms with van der Waals surface area (Å²) >= 11 is 0. The largest absolute Gasteiger partial charge is 0.341 e. The van der Waals surface area contributed by atoms with Crippen molar-refractivity contribution in [1.29, 1.82) is 0 Å². The highest BCUT2D eigenvalue weighted by atomic mass is 15.3. The molecular weight excluding hydrogens is 360 g/mol. The average Bonchev–Trinajstić information content (AvgIpc) is 3.32. The first kappa shape index (κ1) is 17.4. The van der Waals surface area contributed by atoms with E-state index in [1.807, 2.05) is 12.3 Å². The molecule has 0 radical (unpaired) electrons. The van der Waals surface area contributed by atoms with Crippen molar-refractivity contribution in [2.45, 2.75) is 51.1 Å². The van der Waals surface area contributed by atoms with Gasteiger partial charge in [-0.2, -0.15) is 0 Å². The molecule has 0 bridgehead atoms. The second kappa shape index (κ2) is 7.10. The molecule has 4 heterocycles. The fourth-order valence-corrected chi connectivity index (χ4v) is 5.06. The van der Waals surface area contributed by atoms with E-state index in [2.05, 4.69) is 37.5 Å². The molecule has 3 aromatic rings. The lowest BCUT2D eigenvalue weighted by Crippen LogP contribution is -2.41. The zero-order chi connectivity index (χ0) is 19.2. The van der Waals surface area contributed by atoms with E-state index in [1.54, 1.807) is 0 Å². The zero-order valence-electron chi connectivity index (χ0n) is 16.9. The number of hydrogen-bond acceptors (Lipinski definition) is 5. The molecule has 0 amide bonds. The summed E-state index contributed by atoms with van der Waals surface area (Å²) in [6, 6.07) is 9.47. The maximum Gasteiger partial charge on any atom is 0.225 e. The lowest BCUT2D eigenvalue weighted by molar-refractivity contribution is 0.130. The number of benzene rings is 1. The molecule has 2 fully saturated rings. The Labute approximate surface area is 171 Å². The highest BCUT2D eigenvalue weighted by Gasteiger charge is 2.27. The van der Waals surface area contributed by atoms with Gasteiger partial charge in [0.25, 0.3) is 0 Å². The SMILES string of the molecule is c1cc(-c2ccc3c(c2)nc2n3CCN(C3CCC3)CC2)nc(N2CCCC2)n1. The van der Waals surface area contributed by atoms with Crippen LogP contribution in [-0.2, 0) is 13.0 Å². The minimum atomic E-state index is 0.819. The third-order valence-corrected chi connectivity index (χ3v) is 6.98. The fraction of sp³-hybridized carbons (Fsp3) is 0.522. The van der Waals surface area contributed by atoms with E-state index in [0.717, 1.165) is 67.9 Å². The predicted octanol–water partition coefficient (Wildman–Crippen LogP) is 3.50. The summed E-state index contributed by atoms with van der Waals surface area (Å²) in [5.74, 6) is 2.09. The second-order valence-corrected chi connectivity index (χ2v) is 8.69. The van der Waals surface area contributed by atoms with Crippen molar-refractivity contribution in [1.82, 2.24) is 24.4 Å². The zero-order valence-corrected chi connectivity index (χ0v) is 16.9. The Morgan fingerprint density at radius 1 is 0.862 bits per heavy atom. The van der Waals surface area contributed by atoms with E-state index in [0.29, 0.717) is 0 Å². The van der Waals surface area contributed by atoms with Gasteiger partial charge in [0.15, 0.2) is 0 Å². The normalized spacial score (nSPS) is 20.6. The molecule has 2 aromatic heterocycles. The molecule has 6 heteroatoms. The number of fused-ring (bicyclic) bond motifs is 3. The summed E-state index contributed by atoms with van der Waals surface area (Å²) < 4.78 is 2.44. The summed E-state index contributed by atoms with van der Waals surface area (Å²) in [7, 11) is 0. The topological polar surface area (TPSA) is 50.1 Å². The molecule has 1 aromatic carbocycles. The molecule has 1 aliphatic carbocycles. The Morgan fingerprint density at radius 3 is 2.59 bits per heavy atom. The fourth-order valence-electron chi connectivity index (χ4n) is 5.06. The van der Waals surface area contributed by atoms with Gasteiger partial charge in [-0.25, -0.2) is 15.0 Å². The molecule has 0 atom stereocenters. The molecule has 6 rings (SSSR count). The van der Waals surface area contributed by atoms with Crippen LogP contribution in [0, 0.1) is 0 Å². The summed E-state index contributed by atoms with van der Waals surface area (Å²) in [6.45, 7) is 5.47. The molecular formula is C23H28N6. The minimum absolute atomic E-state index is 0.819. The van der Waals surface area contributed by atoms with Gasteiger partial charge < -0.3 is 9.47 Å². The average molecular weight is 389 g/mol. The van der Waals surface area contributed by atoms with Crippen molar-refractivity contribution >= 4 is 17.0 Å². The first-order valence-electron chi connectivity index (χ1n) is 11.2. The van der Waals surface area contributed by atoms with E-state index >= 15 is 0 Å². The van der Waals surface area contributed by atoms with Gasteiger partial charge in [-0.1, -0.05) is 12.5 Å². The molecule has 2 aliphatic heterocycles. The molecule has 150 valence electrons. The summed E-state index contributed by atoms with van der Waals surface area (Å²) in [4.78, 5) is 19.3. The van der Waals surface area contributed by atoms with Crippen molar-refractivity contribution in [3.05, 3.63) is 36.3 Å². The van der Waals surface area contributed by atoms with E-state index in [1.165, 1.54) is 43.4 Å². The maximum atomic E-state index is 5.02. The third-order valence-electron chi connectivity index (χ3n) is 6.98. The quantitative estimate of drug-likeness (QED) is 0.687. The maximum absolute atomic E-state index is 5.02. The predicted molar refractivity (Wildman–Crippen MR) is 115 cm³/mol. The monoisotopic (exact) mass is 388 g/mol. The van der Waals surface area contributed by atoms with Crippen LogP contribution in [0.25, 0.3) is 22.3 Å². The van der Waals surface area contributed by atoms with Gasteiger partial charge in [0.2, 0.25) is 5.95 Å². The van der Waals surface area contributed by atoms with Crippen LogP contribution >= 0.6 is 0 Å². The Balaban J connectivity index is 1.29. The molecule has 6 nitrogen and oxygen atoms in total. The lowest BCUT2D eigenvalue weighted by Gasteiger charge is -2.36. The number of nitrogens with zero attached hydrogens (tertiary/aromatic N) is 6. The molecule has 3 aliphatic rings. The van der Waals surface area contributed by atoms with Crippen LogP contribution in [-0.4, -0.2) is 56.6 Å². The summed E-state index contributed by atoms with van der Waals surface area (Å²) in [5.41, 5.74) is 4.47. The molecule has 1 saturated heterocycles. The number of imidazole rings is 1. The highest BCUT2D eigenvalue weighted by Crippen LogP contribution is 2.29. The molecule has 1 saturated carbocycles. The van der Waals surface area contributed by atoms with Gasteiger partial charge in [-0.15, -0.1) is 0 Å². The van der Waals surface area contributed by atoms with Crippen LogP contribution in [0.4, 0.5) is 5.95 Å². The minimum Gasteiger partial charge on any atom is -0.341 e. The molecule has 0 unspecified atom stereocenters. The van der Waals surface area contributed by atoms with Crippen LogP contribution < -0.4 is 4.90 Å². The Morgan fingerprint density at radius 2 is 1.76 bits per heavy atom. The van der Waals surface area contributed by atoms with Crippen LogP contribution in [0.5, 0.6) is 0 Å². The van der Waals surface area contributed by atoms with E-state index < -0.39 is 0 Å². The first-order valence-corrected chi connectivity index (χ1v) is 11.2. The van der Waals surface area contributed by atoms with Gasteiger partial charge in [0.1, 0.15) is 5.82 Å². The lowest BCUT2D eigenvalue weighted by atomic mass is 9.91. The van der Waals surface area contributed by atoms with Crippen molar-refractivity contribution < 1.29 is 0 Å². The second-order valence-electron chi connectivity index (χ2n) is 8.69. The standard InChI is InChI=1S/C23H28N6/c1-2-12-28(11-1)23-24-10-8-19(26-23)17-6-7-21-20(16-17)25-22-9-13-27(14-15-29(21)22)18-4-3-5-18/h6-8,10,16,18H,1-5,9,11-15H2. The van der Waals surface area contributed by atoms with E-state index in [4.69, 9.17) is 9.97 Å². The first-order chi connectivity index (χ1) is 14.3. The number of aromatic nitrogens is 4. The van der Waals surface area contributed by atoms with Crippen molar-refractivity contribution in [3.8, 4) is 11.3 Å². The van der Waals surface area contributed by atoms with E-state index in [-0.39, 0.29) is 0 Å². The number of rotatable bonds is 3. The van der Waals surface area contributed by atoms with Gasteiger partial charge in [0, 0.05) is 56.9 Å². The van der Waals surface area contributed by atoms with Crippen molar-refractivity contribution in [2.24, 2.45) is 0 Å². The van der Waals surface area contributed by atoms with Gasteiger partial charge in [0.05, 0.1) is 16.7 Å². The smallest absolute Gasteiger partial charge is 0.225 e. The Kier molecular flexibility index (Phi) is 4.26. The van der Waals surface area contributed by atoms with Crippen LogP contribution in [0.3, 0.4) is 0 Å². The number of anilines is 1. The van der Waals surface area contributed by atoms with Gasteiger partial charge in [-0.3, -0.25) is 4.90 Å². The van der Waals surface area contributed by atoms with Crippen molar-refractivity contribution in [2.75, 3.05) is 31.1 Å². The summed E-state index contributed by atoms with van der Waals surface area (Å²) in [6.07, 6.45) is 9.57. The van der Waals surface area contributed by atoms with E-state index in [9.17, 15) is 0 Å². The number of hydrogen-bond donors (Lipinski definition) is 0. The highest BCUT2D eigenvalue weighted by molar-refractivity contribution is 5.82. The van der Waals surface area contributed by atoms with Crippen LogP contribution in [0.15, 0.2) is 30.5 Å². The Bertz CT molecular complexity index is 1030. The van der Waals surface area contributed by atoms with Crippen LogP contribution in [0.1, 0.15) is 37.9 Å². The molecule has 0 spiro atoms.